The van der Waals surface area contributed by atoms with E-state index in [0.29, 0.717) is 5.92 Å². The summed E-state index contributed by atoms with van der Waals surface area (Å²) in [6, 6.07) is 0. The minimum absolute atomic E-state index is 0.713. The lowest BCUT2D eigenvalue weighted by Crippen LogP contribution is -2.29. The van der Waals surface area contributed by atoms with E-state index in [1.165, 1.54) is 25.9 Å². The van der Waals surface area contributed by atoms with Crippen LogP contribution >= 0.6 is 0 Å². The first-order valence-corrected chi connectivity index (χ1v) is 5.05. The van der Waals surface area contributed by atoms with E-state index in [4.69, 9.17) is 0 Å². The Hall–Kier alpha value is -0.300. The minimum Gasteiger partial charge on any atom is -0.306 e. The van der Waals surface area contributed by atoms with Gasteiger partial charge in [-0.2, -0.15) is 0 Å². The highest BCUT2D eigenvalue weighted by atomic mass is 15.1. The molecule has 1 rings (SSSR count). The first-order chi connectivity index (χ1) is 5.68. The average molecular weight is 167 g/mol. The molecule has 0 N–H and O–H groups in total. The van der Waals surface area contributed by atoms with Crippen molar-refractivity contribution in [1.82, 2.24) is 4.90 Å². The summed E-state index contributed by atoms with van der Waals surface area (Å²) in [5.41, 5.74) is 0. The van der Waals surface area contributed by atoms with Crippen molar-refractivity contribution in [2.45, 2.75) is 26.7 Å². The monoisotopic (exact) mass is 167 g/mol. The van der Waals surface area contributed by atoms with Gasteiger partial charge in [-0.15, -0.1) is 0 Å². The number of piperidine rings is 1. The van der Waals surface area contributed by atoms with E-state index in [1.54, 1.807) is 0 Å². The summed E-state index contributed by atoms with van der Waals surface area (Å²) in [6.45, 7) is 7.02. The third-order valence-electron chi connectivity index (χ3n) is 2.53. The van der Waals surface area contributed by atoms with E-state index in [9.17, 15) is 0 Å². The first-order valence-electron chi connectivity index (χ1n) is 5.05. The van der Waals surface area contributed by atoms with Gasteiger partial charge in [0.2, 0.25) is 0 Å². The molecule has 0 aromatic heterocycles. The molecule has 1 heterocycles. The minimum atomic E-state index is 0.713. The molecule has 1 heteroatoms. The molecule has 0 atom stereocenters. The third-order valence-corrected chi connectivity index (χ3v) is 2.53. The number of likely N-dealkylation sites (tertiary alicyclic amines) is 1. The Bertz CT molecular complexity index is 141. The van der Waals surface area contributed by atoms with E-state index in [0.717, 1.165) is 5.92 Å². The lowest BCUT2D eigenvalue weighted by Gasteiger charge is -2.27. The van der Waals surface area contributed by atoms with E-state index < -0.39 is 0 Å². The SMILES string of the molecule is CC(C)/C=C\C1CCN(C)CC1. The zero-order valence-electron chi connectivity index (χ0n) is 8.59. The fraction of sp³-hybridized carbons (Fsp3) is 0.818. The maximum atomic E-state index is 2.42. The number of hydrogen-bond donors (Lipinski definition) is 0. The summed E-state index contributed by atoms with van der Waals surface area (Å²) in [5, 5.41) is 0. The van der Waals surface area contributed by atoms with Gasteiger partial charge in [-0.1, -0.05) is 26.0 Å². The van der Waals surface area contributed by atoms with Crippen molar-refractivity contribution in [2.75, 3.05) is 20.1 Å². The van der Waals surface area contributed by atoms with Gasteiger partial charge in [0.25, 0.3) is 0 Å². The molecule has 0 spiro atoms. The number of allylic oxidation sites excluding steroid dienone is 2. The van der Waals surface area contributed by atoms with Gasteiger partial charge in [0.1, 0.15) is 0 Å². The van der Waals surface area contributed by atoms with Crippen LogP contribution in [0.3, 0.4) is 0 Å². The topological polar surface area (TPSA) is 3.24 Å². The molecule has 1 saturated heterocycles. The van der Waals surface area contributed by atoms with E-state index >= 15 is 0 Å². The van der Waals surface area contributed by atoms with Gasteiger partial charge in [0.15, 0.2) is 0 Å². The van der Waals surface area contributed by atoms with E-state index in [-0.39, 0.29) is 0 Å². The molecule has 0 bridgehead atoms. The molecule has 1 fully saturated rings. The van der Waals surface area contributed by atoms with E-state index in [1.807, 2.05) is 0 Å². The Balaban J connectivity index is 2.26. The van der Waals surface area contributed by atoms with Crippen LogP contribution in [-0.2, 0) is 0 Å². The molecule has 0 aliphatic carbocycles. The highest BCUT2D eigenvalue weighted by Gasteiger charge is 2.13. The van der Waals surface area contributed by atoms with Crippen molar-refractivity contribution in [3.05, 3.63) is 12.2 Å². The predicted molar refractivity (Wildman–Crippen MR) is 54.2 cm³/mol. The molecule has 0 unspecified atom stereocenters. The molecule has 0 aromatic carbocycles. The van der Waals surface area contributed by atoms with Gasteiger partial charge in [-0.05, 0) is 44.8 Å². The lowest BCUT2D eigenvalue weighted by molar-refractivity contribution is 0.243. The molecular weight excluding hydrogens is 146 g/mol. The summed E-state index contributed by atoms with van der Waals surface area (Å²) in [6.07, 6.45) is 7.45. The second-order valence-corrected chi connectivity index (χ2v) is 4.27. The number of nitrogens with zero attached hydrogens (tertiary/aromatic N) is 1. The second-order valence-electron chi connectivity index (χ2n) is 4.27. The van der Waals surface area contributed by atoms with Crippen LogP contribution in [0.5, 0.6) is 0 Å². The fourth-order valence-electron chi connectivity index (χ4n) is 1.60. The fourth-order valence-corrected chi connectivity index (χ4v) is 1.60. The van der Waals surface area contributed by atoms with Crippen LogP contribution in [0.1, 0.15) is 26.7 Å². The molecule has 0 radical (unpaired) electrons. The van der Waals surface area contributed by atoms with Crippen molar-refractivity contribution < 1.29 is 0 Å². The molecule has 0 aromatic rings. The smallest absolute Gasteiger partial charge is 0.00162 e. The van der Waals surface area contributed by atoms with Crippen LogP contribution in [0.15, 0.2) is 12.2 Å². The summed E-state index contributed by atoms with van der Waals surface area (Å²) in [4.78, 5) is 2.42. The van der Waals surface area contributed by atoms with Gasteiger partial charge < -0.3 is 4.90 Å². The Morgan fingerprint density at radius 3 is 2.33 bits per heavy atom. The van der Waals surface area contributed by atoms with Crippen molar-refractivity contribution in [3.8, 4) is 0 Å². The van der Waals surface area contributed by atoms with Gasteiger partial charge in [0, 0.05) is 0 Å². The van der Waals surface area contributed by atoms with Crippen LogP contribution in [-0.4, -0.2) is 25.0 Å². The van der Waals surface area contributed by atoms with Gasteiger partial charge in [-0.3, -0.25) is 0 Å². The van der Waals surface area contributed by atoms with Crippen LogP contribution < -0.4 is 0 Å². The standard InChI is InChI=1S/C11H21N/c1-10(2)4-5-11-6-8-12(3)9-7-11/h4-5,10-11H,6-9H2,1-3H3/b5-4-. The third kappa shape index (κ3) is 3.40. The molecular formula is C11H21N. The highest BCUT2D eigenvalue weighted by molar-refractivity contribution is 4.92. The van der Waals surface area contributed by atoms with Crippen molar-refractivity contribution in [2.24, 2.45) is 11.8 Å². The number of rotatable bonds is 2. The maximum absolute atomic E-state index is 2.42. The van der Waals surface area contributed by atoms with Crippen LogP contribution in [0, 0.1) is 11.8 Å². The first kappa shape index (κ1) is 9.79. The summed E-state index contributed by atoms with van der Waals surface area (Å²) < 4.78 is 0. The van der Waals surface area contributed by atoms with Crippen LogP contribution in [0.2, 0.25) is 0 Å². The van der Waals surface area contributed by atoms with Gasteiger partial charge in [0.05, 0.1) is 0 Å². The van der Waals surface area contributed by atoms with Crippen molar-refractivity contribution in [1.29, 1.82) is 0 Å². The summed E-state index contributed by atoms with van der Waals surface area (Å²) in [5.74, 6) is 1.56. The normalized spacial score (nSPS) is 22.7. The van der Waals surface area contributed by atoms with Gasteiger partial charge >= 0.3 is 0 Å². The largest absolute Gasteiger partial charge is 0.306 e. The molecule has 70 valence electrons. The Morgan fingerprint density at radius 2 is 1.83 bits per heavy atom. The number of hydrogen-bond acceptors (Lipinski definition) is 1. The highest BCUT2D eigenvalue weighted by Crippen LogP contribution is 2.17. The van der Waals surface area contributed by atoms with Gasteiger partial charge in [-0.25, -0.2) is 0 Å². The molecule has 1 aliphatic rings. The lowest BCUT2D eigenvalue weighted by atomic mass is 9.95. The summed E-state index contributed by atoms with van der Waals surface area (Å²) >= 11 is 0. The maximum Gasteiger partial charge on any atom is -0.00162 e. The Kier molecular flexibility index (Phi) is 3.80. The van der Waals surface area contributed by atoms with E-state index in [2.05, 4.69) is 37.9 Å². The quantitative estimate of drug-likeness (QED) is 0.571. The van der Waals surface area contributed by atoms with Crippen molar-refractivity contribution >= 4 is 0 Å². The average Bonchev–Trinajstić information content (AvgIpc) is 2.03. The second kappa shape index (κ2) is 4.66. The Morgan fingerprint density at radius 1 is 1.25 bits per heavy atom. The molecule has 1 aliphatic heterocycles. The summed E-state index contributed by atoms with van der Waals surface area (Å²) in [7, 11) is 2.21. The van der Waals surface area contributed by atoms with Crippen LogP contribution in [0.25, 0.3) is 0 Å². The Labute approximate surface area is 76.5 Å². The zero-order valence-corrected chi connectivity index (χ0v) is 8.59. The molecule has 12 heavy (non-hydrogen) atoms. The van der Waals surface area contributed by atoms with Crippen LogP contribution in [0.4, 0.5) is 0 Å². The predicted octanol–water partition coefficient (Wildman–Crippen LogP) is 2.54. The zero-order chi connectivity index (χ0) is 8.97. The molecule has 1 nitrogen and oxygen atoms in total. The molecule has 0 amide bonds. The van der Waals surface area contributed by atoms with Crippen molar-refractivity contribution in [3.63, 3.8) is 0 Å². The molecule has 0 saturated carbocycles.